The lowest BCUT2D eigenvalue weighted by Gasteiger charge is -2.20. The van der Waals surface area contributed by atoms with Crippen molar-refractivity contribution >= 4 is 28.5 Å². The van der Waals surface area contributed by atoms with Crippen LogP contribution in [0.15, 0.2) is 53.9 Å². The smallest absolute Gasteiger partial charge is 0.230 e. The summed E-state index contributed by atoms with van der Waals surface area (Å²) in [5, 5.41) is 15.4. The number of amides is 1. The first-order chi connectivity index (χ1) is 13.0. The molecule has 3 aromatic rings. The van der Waals surface area contributed by atoms with Crippen LogP contribution >= 0.6 is 11.6 Å². The third kappa shape index (κ3) is 3.28. The molecule has 0 fully saturated rings. The summed E-state index contributed by atoms with van der Waals surface area (Å²) in [5.41, 5.74) is 4.57. The number of carbonyl (C=O) groups excluding carboxylic acids is 1. The minimum atomic E-state index is -0.318. The van der Waals surface area contributed by atoms with E-state index in [0.717, 1.165) is 27.9 Å². The molecule has 138 valence electrons. The molecule has 1 aromatic carbocycles. The fraction of sp³-hybridized carbons (Fsp3) is 0.250. The van der Waals surface area contributed by atoms with E-state index < -0.39 is 0 Å². The van der Waals surface area contributed by atoms with Gasteiger partial charge in [-0.05, 0) is 49.2 Å². The molecule has 3 N–H and O–H groups in total. The molecule has 2 aromatic heterocycles. The minimum Gasteiger partial charge on any atom is -0.379 e. The summed E-state index contributed by atoms with van der Waals surface area (Å²) in [7, 11) is 0. The summed E-state index contributed by atoms with van der Waals surface area (Å²) in [6.07, 6.45) is 1.71. The number of allylic oxidation sites excluding steroid dienone is 1. The molecule has 0 spiro atoms. The Kier molecular flexibility index (Phi) is 4.58. The van der Waals surface area contributed by atoms with Gasteiger partial charge in [-0.15, -0.1) is 0 Å². The van der Waals surface area contributed by atoms with Crippen LogP contribution in [0.4, 0.5) is 0 Å². The van der Waals surface area contributed by atoms with Gasteiger partial charge in [-0.1, -0.05) is 23.7 Å². The molecule has 0 radical (unpaired) electrons. The zero-order valence-corrected chi connectivity index (χ0v) is 15.8. The molecule has 2 atom stereocenters. The Morgan fingerprint density at radius 1 is 1.22 bits per heavy atom. The van der Waals surface area contributed by atoms with Gasteiger partial charge in [0.2, 0.25) is 5.91 Å². The van der Waals surface area contributed by atoms with Crippen LogP contribution in [-0.2, 0) is 11.3 Å². The van der Waals surface area contributed by atoms with Crippen molar-refractivity contribution in [2.45, 2.75) is 26.4 Å². The molecule has 4 rings (SSSR count). The molecular weight excluding hydrogens is 362 g/mol. The zero-order valence-electron chi connectivity index (χ0n) is 15.1. The van der Waals surface area contributed by atoms with Gasteiger partial charge in [0.15, 0.2) is 5.65 Å². The Hall–Kier alpha value is -2.86. The van der Waals surface area contributed by atoms with E-state index in [1.54, 1.807) is 6.20 Å². The van der Waals surface area contributed by atoms with Gasteiger partial charge < -0.3 is 10.6 Å². The van der Waals surface area contributed by atoms with Crippen LogP contribution in [0.1, 0.15) is 31.1 Å². The molecule has 27 heavy (non-hydrogen) atoms. The second-order valence-electron chi connectivity index (χ2n) is 6.76. The number of nitrogens with zero attached hydrogens (tertiary/aromatic N) is 2. The van der Waals surface area contributed by atoms with Gasteiger partial charge in [-0.25, -0.2) is 4.98 Å². The van der Waals surface area contributed by atoms with Crippen LogP contribution in [0, 0.1) is 5.92 Å². The Bertz CT molecular complexity index is 1020. The quantitative estimate of drug-likeness (QED) is 0.646. The number of hydrogen-bond donors (Lipinski definition) is 3. The van der Waals surface area contributed by atoms with Crippen molar-refractivity contribution < 1.29 is 4.79 Å². The summed E-state index contributed by atoms with van der Waals surface area (Å²) in [6, 6.07) is 11.1. The van der Waals surface area contributed by atoms with E-state index >= 15 is 0 Å². The van der Waals surface area contributed by atoms with Gasteiger partial charge >= 0.3 is 0 Å². The highest BCUT2D eigenvalue weighted by molar-refractivity contribution is 6.30. The Labute approximate surface area is 162 Å². The fourth-order valence-corrected chi connectivity index (χ4v) is 3.63. The number of rotatable bonds is 4. The summed E-state index contributed by atoms with van der Waals surface area (Å²) in [4.78, 5) is 17.3. The number of H-pyrrole nitrogens is 1. The SMILES string of the molecule is CC1=C(C)C(C(=O)NCc2ccc(Cl)cc2)C(c2[nH]nc3ncccc23)N1. The molecular formula is C20H20ClN5O. The van der Waals surface area contributed by atoms with Crippen molar-refractivity contribution in [1.29, 1.82) is 0 Å². The first-order valence-corrected chi connectivity index (χ1v) is 9.17. The van der Waals surface area contributed by atoms with Crippen molar-refractivity contribution in [3.8, 4) is 0 Å². The van der Waals surface area contributed by atoms with E-state index in [-0.39, 0.29) is 17.9 Å². The molecule has 7 heteroatoms. The number of hydrogen-bond acceptors (Lipinski definition) is 4. The van der Waals surface area contributed by atoms with E-state index in [1.165, 1.54) is 0 Å². The Morgan fingerprint density at radius 3 is 2.78 bits per heavy atom. The molecule has 0 bridgehead atoms. The highest BCUT2D eigenvalue weighted by Gasteiger charge is 2.38. The third-order valence-corrected chi connectivity index (χ3v) is 5.35. The normalized spacial score (nSPS) is 19.4. The number of aromatic nitrogens is 3. The van der Waals surface area contributed by atoms with E-state index in [4.69, 9.17) is 11.6 Å². The van der Waals surface area contributed by atoms with Crippen LogP contribution in [0.5, 0.6) is 0 Å². The number of aromatic amines is 1. The molecule has 1 amide bonds. The number of benzene rings is 1. The highest BCUT2D eigenvalue weighted by Crippen LogP contribution is 2.37. The predicted octanol–water partition coefficient (Wildman–Crippen LogP) is 3.48. The molecule has 0 saturated heterocycles. The molecule has 3 heterocycles. The van der Waals surface area contributed by atoms with Crippen LogP contribution < -0.4 is 10.6 Å². The number of fused-ring (bicyclic) bond motifs is 1. The van der Waals surface area contributed by atoms with Gasteiger partial charge in [0.1, 0.15) is 0 Å². The molecule has 0 saturated carbocycles. The van der Waals surface area contributed by atoms with Crippen LogP contribution in [0.2, 0.25) is 5.02 Å². The predicted molar refractivity (Wildman–Crippen MR) is 105 cm³/mol. The average Bonchev–Trinajstić information content (AvgIpc) is 3.22. The minimum absolute atomic E-state index is 0.0246. The van der Waals surface area contributed by atoms with Gasteiger partial charge in [0, 0.05) is 28.8 Å². The number of halogens is 1. The summed E-state index contributed by atoms with van der Waals surface area (Å²) in [6.45, 7) is 4.44. The Morgan fingerprint density at radius 2 is 2.00 bits per heavy atom. The molecule has 2 unspecified atom stereocenters. The maximum atomic E-state index is 13.0. The largest absolute Gasteiger partial charge is 0.379 e. The lowest BCUT2D eigenvalue weighted by Crippen LogP contribution is -2.35. The van der Waals surface area contributed by atoms with Crippen molar-refractivity contribution in [3.05, 3.63) is 70.1 Å². The second-order valence-corrected chi connectivity index (χ2v) is 7.20. The molecule has 1 aliphatic heterocycles. The van der Waals surface area contributed by atoms with Crippen LogP contribution in [0.3, 0.4) is 0 Å². The van der Waals surface area contributed by atoms with E-state index in [9.17, 15) is 4.79 Å². The van der Waals surface area contributed by atoms with Gasteiger partial charge in [0.25, 0.3) is 0 Å². The van der Waals surface area contributed by atoms with E-state index in [2.05, 4.69) is 25.8 Å². The third-order valence-electron chi connectivity index (χ3n) is 5.10. The van der Waals surface area contributed by atoms with Crippen molar-refractivity contribution in [2.24, 2.45) is 5.92 Å². The second kappa shape index (κ2) is 7.04. The molecule has 6 nitrogen and oxygen atoms in total. The topological polar surface area (TPSA) is 82.7 Å². The van der Waals surface area contributed by atoms with E-state index in [0.29, 0.717) is 17.2 Å². The zero-order chi connectivity index (χ0) is 19.0. The number of carbonyl (C=O) groups is 1. The van der Waals surface area contributed by atoms with Crippen LogP contribution in [-0.4, -0.2) is 21.1 Å². The number of nitrogens with one attached hydrogen (secondary N) is 3. The van der Waals surface area contributed by atoms with E-state index in [1.807, 2.05) is 50.2 Å². The first kappa shape index (κ1) is 17.5. The monoisotopic (exact) mass is 381 g/mol. The van der Waals surface area contributed by atoms with Crippen molar-refractivity contribution in [3.63, 3.8) is 0 Å². The number of pyridine rings is 1. The van der Waals surface area contributed by atoms with Gasteiger partial charge in [0.05, 0.1) is 17.7 Å². The summed E-state index contributed by atoms with van der Waals surface area (Å²) < 4.78 is 0. The average molecular weight is 382 g/mol. The maximum absolute atomic E-state index is 13.0. The van der Waals surface area contributed by atoms with Gasteiger partial charge in [-0.2, -0.15) is 5.10 Å². The Balaban J connectivity index is 1.58. The molecule has 1 aliphatic rings. The first-order valence-electron chi connectivity index (χ1n) is 8.79. The fourth-order valence-electron chi connectivity index (χ4n) is 3.51. The summed E-state index contributed by atoms with van der Waals surface area (Å²) in [5.74, 6) is -0.343. The molecule has 0 aliphatic carbocycles. The summed E-state index contributed by atoms with van der Waals surface area (Å²) >= 11 is 5.92. The maximum Gasteiger partial charge on any atom is 0.230 e. The highest BCUT2D eigenvalue weighted by atomic mass is 35.5. The van der Waals surface area contributed by atoms with Crippen molar-refractivity contribution in [1.82, 2.24) is 25.8 Å². The van der Waals surface area contributed by atoms with Gasteiger partial charge in [-0.3, -0.25) is 9.89 Å². The lowest BCUT2D eigenvalue weighted by atomic mass is 9.91. The van der Waals surface area contributed by atoms with Crippen LogP contribution in [0.25, 0.3) is 11.0 Å². The lowest BCUT2D eigenvalue weighted by molar-refractivity contribution is -0.124. The standard InChI is InChI=1S/C20H20ClN5O/c1-11-12(2)24-18(17-15-4-3-9-22-19(15)26-25-17)16(11)20(27)23-10-13-5-7-14(21)8-6-13/h3-9,16,18,24H,10H2,1-2H3,(H,23,27)(H,22,25,26). The van der Waals surface area contributed by atoms with Crippen molar-refractivity contribution in [2.75, 3.05) is 0 Å².